The summed E-state index contributed by atoms with van der Waals surface area (Å²) in [5, 5.41) is 0. The largest absolute Gasteiger partial charge is 0.493 e. The summed E-state index contributed by atoms with van der Waals surface area (Å²) in [6, 6.07) is 5.74. The number of ether oxygens (including phenoxy) is 2. The van der Waals surface area contributed by atoms with Crippen molar-refractivity contribution in [2.75, 3.05) is 12.8 Å². The van der Waals surface area contributed by atoms with Crippen LogP contribution in [0.25, 0.3) is 16.9 Å². The number of imidazole rings is 1. The molecule has 2 heterocycles. The summed E-state index contributed by atoms with van der Waals surface area (Å²) in [5.74, 6) is 1.79. The smallest absolute Gasteiger partial charge is 0.180 e. The number of hydrogen-bond donors (Lipinski definition) is 1. The molecule has 114 valence electrons. The topological polar surface area (TPSA) is 74.7 Å². The minimum Gasteiger partial charge on any atom is -0.493 e. The molecule has 0 aliphatic rings. The van der Waals surface area contributed by atoms with E-state index >= 15 is 0 Å². The highest BCUT2D eigenvalue weighted by Gasteiger charge is 2.12. The number of anilines is 1. The fourth-order valence-electron chi connectivity index (χ4n) is 2.26. The quantitative estimate of drug-likeness (QED) is 0.801. The Labute approximate surface area is 128 Å². The van der Waals surface area contributed by atoms with Crippen LogP contribution in [0.1, 0.15) is 13.8 Å². The lowest BCUT2D eigenvalue weighted by Crippen LogP contribution is -2.06. The van der Waals surface area contributed by atoms with Gasteiger partial charge in [0.1, 0.15) is 0 Å². The van der Waals surface area contributed by atoms with E-state index in [1.54, 1.807) is 13.3 Å². The van der Waals surface area contributed by atoms with Gasteiger partial charge in [0.2, 0.25) is 0 Å². The summed E-state index contributed by atoms with van der Waals surface area (Å²) < 4.78 is 13.0. The number of hydrogen-bond acceptors (Lipinski definition) is 5. The first kappa shape index (κ1) is 14.2. The van der Waals surface area contributed by atoms with Gasteiger partial charge in [-0.3, -0.25) is 0 Å². The Morgan fingerprint density at radius 3 is 2.73 bits per heavy atom. The first-order valence-corrected chi connectivity index (χ1v) is 7.02. The Morgan fingerprint density at radius 1 is 1.23 bits per heavy atom. The van der Waals surface area contributed by atoms with E-state index in [2.05, 4.69) is 9.97 Å². The first-order valence-electron chi connectivity index (χ1n) is 7.02. The molecule has 0 fully saturated rings. The molecule has 2 aromatic heterocycles. The van der Waals surface area contributed by atoms with Gasteiger partial charge >= 0.3 is 0 Å². The van der Waals surface area contributed by atoms with Crippen LogP contribution in [-0.2, 0) is 0 Å². The third kappa shape index (κ3) is 2.55. The number of nitrogens with zero attached hydrogens (tertiary/aromatic N) is 3. The maximum Gasteiger partial charge on any atom is 0.180 e. The number of methoxy groups -OCH3 is 1. The van der Waals surface area contributed by atoms with Crippen LogP contribution in [0.2, 0.25) is 0 Å². The Kier molecular flexibility index (Phi) is 3.58. The van der Waals surface area contributed by atoms with Gasteiger partial charge in [-0.2, -0.15) is 0 Å². The number of benzene rings is 1. The second-order valence-corrected chi connectivity index (χ2v) is 5.20. The second-order valence-electron chi connectivity index (χ2n) is 5.20. The van der Waals surface area contributed by atoms with Crippen LogP contribution in [0.5, 0.6) is 11.5 Å². The van der Waals surface area contributed by atoms with Crippen molar-refractivity contribution in [3.63, 3.8) is 0 Å². The third-order valence-corrected chi connectivity index (χ3v) is 3.22. The van der Waals surface area contributed by atoms with E-state index < -0.39 is 0 Å². The molecule has 6 nitrogen and oxygen atoms in total. The van der Waals surface area contributed by atoms with Gasteiger partial charge in [-0.15, -0.1) is 0 Å². The number of fused-ring (bicyclic) bond motifs is 1. The van der Waals surface area contributed by atoms with Crippen molar-refractivity contribution in [2.24, 2.45) is 0 Å². The van der Waals surface area contributed by atoms with Gasteiger partial charge in [0.05, 0.1) is 18.9 Å². The van der Waals surface area contributed by atoms with Gasteiger partial charge in [0.15, 0.2) is 23.0 Å². The van der Waals surface area contributed by atoms with Gasteiger partial charge in [-0.05, 0) is 32.0 Å². The van der Waals surface area contributed by atoms with E-state index in [1.165, 1.54) is 0 Å². The van der Waals surface area contributed by atoms with Crippen molar-refractivity contribution in [2.45, 2.75) is 20.0 Å². The van der Waals surface area contributed by atoms with Gasteiger partial charge in [-0.25, -0.2) is 9.97 Å². The number of nitrogen functional groups attached to an aromatic ring is 1. The molecule has 3 aromatic rings. The predicted molar refractivity (Wildman–Crippen MR) is 85.2 cm³/mol. The summed E-state index contributed by atoms with van der Waals surface area (Å²) in [4.78, 5) is 8.57. The van der Waals surface area contributed by atoms with Crippen LogP contribution in [0.4, 0.5) is 5.82 Å². The normalized spacial score (nSPS) is 11.1. The highest BCUT2D eigenvalue weighted by Crippen LogP contribution is 2.33. The molecule has 0 aliphatic heterocycles. The predicted octanol–water partition coefficient (Wildman–Crippen LogP) is 2.77. The maximum atomic E-state index is 5.84. The number of aromatic nitrogens is 3. The summed E-state index contributed by atoms with van der Waals surface area (Å²) in [6.07, 6.45) is 5.45. The number of nitrogens with two attached hydrogens (primary N) is 1. The molecule has 3 rings (SSSR count). The van der Waals surface area contributed by atoms with Crippen LogP contribution in [0.3, 0.4) is 0 Å². The van der Waals surface area contributed by atoms with Crippen LogP contribution >= 0.6 is 0 Å². The first-order chi connectivity index (χ1) is 10.6. The van der Waals surface area contributed by atoms with E-state index in [1.807, 2.05) is 48.8 Å². The van der Waals surface area contributed by atoms with Crippen molar-refractivity contribution in [1.29, 1.82) is 0 Å². The minimum absolute atomic E-state index is 0.0841. The van der Waals surface area contributed by atoms with Crippen molar-refractivity contribution >= 4 is 11.5 Å². The molecule has 6 heteroatoms. The SMILES string of the molecule is COc1cc(-c2cn3ccnc(N)c3n2)ccc1OC(C)C. The highest BCUT2D eigenvalue weighted by molar-refractivity contribution is 5.70. The lowest BCUT2D eigenvalue weighted by Gasteiger charge is -2.14. The zero-order chi connectivity index (χ0) is 15.7. The monoisotopic (exact) mass is 298 g/mol. The van der Waals surface area contributed by atoms with Gasteiger partial charge in [-0.1, -0.05) is 0 Å². The maximum absolute atomic E-state index is 5.84. The van der Waals surface area contributed by atoms with Gasteiger partial charge in [0, 0.05) is 24.2 Å². The zero-order valence-corrected chi connectivity index (χ0v) is 12.8. The third-order valence-electron chi connectivity index (χ3n) is 3.22. The molecule has 0 radical (unpaired) electrons. The molecule has 0 saturated heterocycles. The molecule has 22 heavy (non-hydrogen) atoms. The zero-order valence-electron chi connectivity index (χ0n) is 12.8. The van der Waals surface area contributed by atoms with Crippen LogP contribution in [0.15, 0.2) is 36.8 Å². The van der Waals surface area contributed by atoms with E-state index in [4.69, 9.17) is 15.2 Å². The average Bonchev–Trinajstić information content (AvgIpc) is 2.92. The van der Waals surface area contributed by atoms with E-state index in [0.717, 1.165) is 11.3 Å². The molecular weight excluding hydrogens is 280 g/mol. The van der Waals surface area contributed by atoms with Crippen molar-refractivity contribution in [3.05, 3.63) is 36.8 Å². The molecule has 0 saturated carbocycles. The van der Waals surface area contributed by atoms with Crippen LogP contribution < -0.4 is 15.2 Å². The average molecular weight is 298 g/mol. The molecule has 0 unspecified atom stereocenters. The highest BCUT2D eigenvalue weighted by atomic mass is 16.5. The summed E-state index contributed by atoms with van der Waals surface area (Å²) in [5.41, 5.74) is 8.21. The van der Waals surface area contributed by atoms with Gasteiger partial charge in [0.25, 0.3) is 0 Å². The van der Waals surface area contributed by atoms with E-state index in [9.17, 15) is 0 Å². The van der Waals surface area contributed by atoms with Crippen LogP contribution in [0, 0.1) is 0 Å². The Bertz CT molecular complexity index is 811. The van der Waals surface area contributed by atoms with Crippen molar-refractivity contribution in [1.82, 2.24) is 14.4 Å². The fourth-order valence-corrected chi connectivity index (χ4v) is 2.26. The Balaban J connectivity index is 2.04. The molecule has 0 bridgehead atoms. The molecular formula is C16H18N4O2. The Hall–Kier alpha value is -2.76. The number of rotatable bonds is 4. The summed E-state index contributed by atoms with van der Waals surface area (Å²) in [6.45, 7) is 3.95. The van der Waals surface area contributed by atoms with Crippen molar-refractivity contribution in [3.8, 4) is 22.8 Å². The standard InChI is InChI=1S/C16H18N4O2/c1-10(2)22-13-5-4-11(8-14(13)21-3)12-9-20-7-6-18-15(17)16(20)19-12/h4-10H,1-3H3,(H2,17,18). The lowest BCUT2D eigenvalue weighted by molar-refractivity contribution is 0.230. The molecule has 0 amide bonds. The van der Waals surface area contributed by atoms with Crippen LogP contribution in [-0.4, -0.2) is 27.6 Å². The fraction of sp³-hybridized carbons (Fsp3) is 0.250. The Morgan fingerprint density at radius 2 is 2.05 bits per heavy atom. The van der Waals surface area contributed by atoms with Crippen molar-refractivity contribution < 1.29 is 9.47 Å². The van der Waals surface area contributed by atoms with Gasteiger partial charge < -0.3 is 19.6 Å². The second kappa shape index (κ2) is 5.55. The van der Waals surface area contributed by atoms with E-state index in [0.29, 0.717) is 23.0 Å². The molecule has 0 atom stereocenters. The molecule has 0 spiro atoms. The minimum atomic E-state index is 0.0841. The molecule has 2 N–H and O–H groups in total. The summed E-state index contributed by atoms with van der Waals surface area (Å²) >= 11 is 0. The molecule has 0 aliphatic carbocycles. The summed E-state index contributed by atoms with van der Waals surface area (Å²) in [7, 11) is 1.62. The molecule has 1 aromatic carbocycles. The lowest BCUT2D eigenvalue weighted by atomic mass is 10.1. The van der Waals surface area contributed by atoms with E-state index in [-0.39, 0.29) is 6.10 Å².